The Kier molecular flexibility index (Phi) is 45.7. The molecule has 1 aliphatic rings. The Morgan fingerprint density at radius 1 is 0.556 bits per heavy atom. The van der Waals surface area contributed by atoms with Crippen molar-refractivity contribution in [1.29, 1.82) is 0 Å². The Labute approximate surface area is 439 Å². The average molecular weight is 1010 g/mol. The maximum Gasteiger partial charge on any atom is 0.306 e. The number of aliphatic hydroxyl groups excluding tert-OH is 5. The molecule has 1 amide bonds. The van der Waals surface area contributed by atoms with Crippen molar-refractivity contribution in [2.45, 2.75) is 288 Å². The molecule has 0 aromatic rings. The molecule has 1 rings (SSSR count). The lowest BCUT2D eigenvalue weighted by molar-refractivity contribution is -0.305. The lowest BCUT2D eigenvalue weighted by atomic mass is 9.99. The number of allylic oxidation sites excluding steroid dienone is 11. The number of ether oxygens (including phenoxy) is 3. The molecular formula is C61H107NO10. The lowest BCUT2D eigenvalue weighted by Crippen LogP contribution is -2.61. The summed E-state index contributed by atoms with van der Waals surface area (Å²) < 4.78 is 17.6. The van der Waals surface area contributed by atoms with Crippen molar-refractivity contribution >= 4 is 11.9 Å². The lowest BCUT2D eigenvalue weighted by Gasteiger charge is -2.41. The minimum absolute atomic E-state index is 0.0946. The molecule has 0 aliphatic carbocycles. The van der Waals surface area contributed by atoms with Crippen LogP contribution in [0, 0.1) is 0 Å². The first kappa shape index (κ1) is 67.1. The third-order valence-corrected chi connectivity index (χ3v) is 13.3. The monoisotopic (exact) mass is 1010 g/mol. The van der Waals surface area contributed by atoms with E-state index in [0.717, 1.165) is 116 Å². The summed E-state index contributed by atoms with van der Waals surface area (Å²) in [5, 5.41) is 56.8. The van der Waals surface area contributed by atoms with Crippen molar-refractivity contribution in [1.82, 2.24) is 5.32 Å². The summed E-state index contributed by atoms with van der Waals surface area (Å²) in [4.78, 5) is 26.5. The SMILES string of the molecule is CC/C=C/C/C=C/CCCCCCCCC(O)C(=O)NC(COC1OC(CO)C(O)C(O)C1OC(=O)CCCCCC/C=C\C/C=C\C/C=C\CCCCC)C(O)/C=C/CCCCCCCCCCCCC. The van der Waals surface area contributed by atoms with Crippen LogP contribution >= 0.6 is 0 Å². The molecule has 11 nitrogen and oxygen atoms in total. The van der Waals surface area contributed by atoms with Gasteiger partial charge in [0.2, 0.25) is 5.91 Å². The molecule has 11 heteroatoms. The molecule has 1 fully saturated rings. The second-order valence-electron chi connectivity index (χ2n) is 20.0. The van der Waals surface area contributed by atoms with Gasteiger partial charge in [-0.05, 0) is 89.9 Å². The number of hydrogen-bond acceptors (Lipinski definition) is 10. The molecule has 6 N–H and O–H groups in total. The standard InChI is InChI=1S/C61H107NO10/c1-4-7-10-13-16-19-22-25-26-27-28-31-34-37-40-43-46-49-56(66)72-59-58(68)57(67)55(50-63)71-61(59)70-51-52(53(64)47-44-41-38-35-32-29-23-20-17-14-11-8-5-2)62-60(69)54(65)48-45-42-39-36-33-30-24-21-18-15-12-9-6-3/h9,12,16,18-19,21,25-26,28,31,44,47,52-55,57-59,61,63-65,67-68H,4-8,10-11,13-15,17,20,22-24,27,29-30,32-43,45-46,48-51H2,1-3H3,(H,62,69)/b12-9+,19-16-,21-18+,26-25-,31-28-,47-44+. The van der Waals surface area contributed by atoms with Gasteiger partial charge in [-0.3, -0.25) is 9.59 Å². The van der Waals surface area contributed by atoms with Crippen molar-refractivity contribution < 1.29 is 49.3 Å². The smallest absolute Gasteiger partial charge is 0.306 e. The molecule has 1 heterocycles. The largest absolute Gasteiger partial charge is 0.454 e. The Morgan fingerprint density at radius 3 is 1.53 bits per heavy atom. The van der Waals surface area contributed by atoms with Crippen LogP contribution in [0.1, 0.15) is 239 Å². The average Bonchev–Trinajstić information content (AvgIpc) is 3.38. The van der Waals surface area contributed by atoms with E-state index >= 15 is 0 Å². The Morgan fingerprint density at radius 2 is 1.00 bits per heavy atom. The minimum atomic E-state index is -1.63. The van der Waals surface area contributed by atoms with Gasteiger partial charge in [0.05, 0.1) is 25.4 Å². The number of esters is 1. The van der Waals surface area contributed by atoms with Crippen molar-refractivity contribution in [3.05, 3.63) is 72.9 Å². The second-order valence-corrected chi connectivity index (χ2v) is 20.0. The molecule has 8 unspecified atom stereocenters. The highest BCUT2D eigenvalue weighted by atomic mass is 16.7. The van der Waals surface area contributed by atoms with E-state index in [1.54, 1.807) is 6.08 Å². The highest BCUT2D eigenvalue weighted by molar-refractivity contribution is 5.80. The Balaban J connectivity index is 2.75. The zero-order valence-electron chi connectivity index (χ0n) is 45.8. The molecule has 0 aromatic heterocycles. The Hall–Kier alpha value is -2.90. The molecule has 1 saturated heterocycles. The summed E-state index contributed by atoms with van der Waals surface area (Å²) in [6.45, 7) is 5.62. The topological polar surface area (TPSA) is 175 Å². The molecule has 0 aromatic carbocycles. The van der Waals surface area contributed by atoms with E-state index in [9.17, 15) is 35.1 Å². The number of carbonyl (C=O) groups is 2. The van der Waals surface area contributed by atoms with Gasteiger partial charge in [0.15, 0.2) is 12.4 Å². The van der Waals surface area contributed by atoms with E-state index in [2.05, 4.69) is 86.8 Å². The van der Waals surface area contributed by atoms with Crippen LogP contribution in [0.15, 0.2) is 72.9 Å². The number of rotatable bonds is 48. The molecule has 1 aliphatic heterocycles. The van der Waals surface area contributed by atoms with E-state index in [4.69, 9.17) is 14.2 Å². The van der Waals surface area contributed by atoms with E-state index in [1.807, 2.05) is 6.08 Å². The van der Waals surface area contributed by atoms with Crippen molar-refractivity contribution in [3.63, 3.8) is 0 Å². The molecule has 0 bridgehead atoms. The van der Waals surface area contributed by atoms with E-state index < -0.39 is 67.4 Å². The van der Waals surface area contributed by atoms with Crippen LogP contribution < -0.4 is 5.32 Å². The van der Waals surface area contributed by atoms with Crippen LogP contribution in [-0.2, 0) is 23.8 Å². The van der Waals surface area contributed by atoms with Gasteiger partial charge >= 0.3 is 5.97 Å². The molecular weight excluding hydrogens is 907 g/mol. The van der Waals surface area contributed by atoms with Gasteiger partial charge in [-0.1, -0.05) is 216 Å². The minimum Gasteiger partial charge on any atom is -0.454 e. The maximum atomic E-state index is 13.4. The van der Waals surface area contributed by atoms with Gasteiger partial charge in [-0.25, -0.2) is 0 Å². The van der Waals surface area contributed by atoms with E-state index in [0.29, 0.717) is 12.8 Å². The quantitative estimate of drug-likeness (QED) is 0.0195. The van der Waals surface area contributed by atoms with Crippen molar-refractivity contribution in [2.24, 2.45) is 0 Å². The number of hydrogen-bond donors (Lipinski definition) is 6. The van der Waals surface area contributed by atoms with Crippen LogP contribution in [0.3, 0.4) is 0 Å². The molecule has 8 atom stereocenters. The number of unbranched alkanes of at least 4 members (excludes halogenated alkanes) is 24. The van der Waals surface area contributed by atoms with Crippen LogP contribution in [0.2, 0.25) is 0 Å². The summed E-state index contributed by atoms with van der Waals surface area (Å²) in [6.07, 6.45) is 50.8. The highest BCUT2D eigenvalue weighted by Crippen LogP contribution is 2.26. The summed E-state index contributed by atoms with van der Waals surface area (Å²) in [6, 6.07) is -1.03. The van der Waals surface area contributed by atoms with Crippen LogP contribution in [-0.4, -0.2) is 99.6 Å². The van der Waals surface area contributed by atoms with E-state index in [-0.39, 0.29) is 19.4 Å². The van der Waals surface area contributed by atoms with Gasteiger partial charge in [-0.15, -0.1) is 0 Å². The predicted octanol–water partition coefficient (Wildman–Crippen LogP) is 13.2. The van der Waals surface area contributed by atoms with Gasteiger partial charge < -0.3 is 45.1 Å². The van der Waals surface area contributed by atoms with Gasteiger partial charge in [0.25, 0.3) is 0 Å². The number of amides is 1. The zero-order valence-corrected chi connectivity index (χ0v) is 45.8. The van der Waals surface area contributed by atoms with Gasteiger partial charge in [0, 0.05) is 6.42 Å². The van der Waals surface area contributed by atoms with E-state index in [1.165, 1.54) is 77.0 Å². The molecule has 0 radical (unpaired) electrons. The van der Waals surface area contributed by atoms with Crippen molar-refractivity contribution in [2.75, 3.05) is 13.2 Å². The zero-order chi connectivity index (χ0) is 52.5. The first-order chi connectivity index (χ1) is 35.2. The number of nitrogens with one attached hydrogen (secondary N) is 1. The summed E-state index contributed by atoms with van der Waals surface area (Å²) >= 11 is 0. The van der Waals surface area contributed by atoms with Crippen molar-refractivity contribution in [3.8, 4) is 0 Å². The van der Waals surface area contributed by atoms with Crippen LogP contribution in [0.4, 0.5) is 0 Å². The molecule has 0 spiro atoms. The molecule has 72 heavy (non-hydrogen) atoms. The number of aliphatic hydroxyl groups is 5. The summed E-state index contributed by atoms with van der Waals surface area (Å²) in [7, 11) is 0. The normalized spacial score (nSPS) is 20.0. The van der Waals surface area contributed by atoms with Crippen LogP contribution in [0.5, 0.6) is 0 Å². The van der Waals surface area contributed by atoms with Crippen LogP contribution in [0.25, 0.3) is 0 Å². The maximum absolute atomic E-state index is 13.4. The summed E-state index contributed by atoms with van der Waals surface area (Å²) in [5.41, 5.74) is 0. The highest BCUT2D eigenvalue weighted by Gasteiger charge is 2.47. The number of carbonyl (C=O) groups excluding carboxylic acids is 2. The first-order valence-electron chi connectivity index (χ1n) is 29.2. The molecule has 0 saturated carbocycles. The third kappa shape index (κ3) is 36.9. The third-order valence-electron chi connectivity index (χ3n) is 13.3. The molecule has 416 valence electrons. The second kappa shape index (κ2) is 49.0. The summed E-state index contributed by atoms with van der Waals surface area (Å²) in [5.74, 6) is -1.23. The first-order valence-corrected chi connectivity index (χ1v) is 29.2. The fourth-order valence-electron chi connectivity index (χ4n) is 8.69. The Bertz CT molecular complexity index is 1440. The van der Waals surface area contributed by atoms with Gasteiger partial charge in [0.1, 0.15) is 24.4 Å². The predicted molar refractivity (Wildman–Crippen MR) is 296 cm³/mol. The van der Waals surface area contributed by atoms with Gasteiger partial charge in [-0.2, -0.15) is 0 Å². The fraction of sp³-hybridized carbons (Fsp3) is 0.770. The fourth-order valence-corrected chi connectivity index (χ4v) is 8.69.